The topological polar surface area (TPSA) is 82.7 Å². The van der Waals surface area contributed by atoms with Crippen molar-refractivity contribution in [1.29, 1.82) is 5.26 Å². The van der Waals surface area contributed by atoms with E-state index in [9.17, 15) is 9.90 Å². The predicted molar refractivity (Wildman–Crippen MR) is 106 cm³/mol. The summed E-state index contributed by atoms with van der Waals surface area (Å²) in [6.07, 6.45) is 1.58. The Morgan fingerprint density at radius 2 is 2.00 bits per heavy atom. The SMILES string of the molecule is CCO/N=C(/CC)C1=C(O)CC(c2c(C)cc(C)c(CC#N)c2C)CC1=O. The summed E-state index contributed by atoms with van der Waals surface area (Å²) in [5.41, 5.74) is 6.15. The summed E-state index contributed by atoms with van der Waals surface area (Å²) in [6, 6.07) is 4.30. The first-order chi connectivity index (χ1) is 12.8. The average Bonchev–Trinajstić information content (AvgIpc) is 2.60. The third-order valence-corrected chi connectivity index (χ3v) is 5.22. The maximum absolute atomic E-state index is 12.8. The second kappa shape index (κ2) is 8.85. The molecule has 0 spiro atoms. The Hall–Kier alpha value is -2.61. The van der Waals surface area contributed by atoms with Crippen molar-refractivity contribution in [2.75, 3.05) is 6.61 Å². The monoisotopic (exact) mass is 368 g/mol. The first-order valence-electron chi connectivity index (χ1n) is 9.46. The number of rotatable bonds is 6. The number of aryl methyl sites for hydroxylation is 2. The van der Waals surface area contributed by atoms with E-state index in [0.29, 0.717) is 43.6 Å². The number of nitrogens with zero attached hydrogens (tertiary/aromatic N) is 2. The van der Waals surface area contributed by atoms with Crippen LogP contribution in [0.1, 0.15) is 66.8 Å². The van der Waals surface area contributed by atoms with Crippen molar-refractivity contribution in [1.82, 2.24) is 0 Å². The molecule has 0 amide bonds. The van der Waals surface area contributed by atoms with E-state index in [1.54, 1.807) is 0 Å². The molecule has 5 nitrogen and oxygen atoms in total. The van der Waals surface area contributed by atoms with Crippen LogP contribution >= 0.6 is 0 Å². The summed E-state index contributed by atoms with van der Waals surface area (Å²) in [6.45, 7) is 10.2. The second-order valence-electron chi connectivity index (χ2n) is 7.02. The fourth-order valence-corrected chi connectivity index (χ4v) is 4.08. The standard InChI is InChI=1S/C22H28N2O3/c1-6-18(24-27-7-2)22-19(25)11-16(12-20(22)26)21-14(4)10-13(3)17(8-9-23)15(21)5/h10,16,25H,6-8,11-12H2,1-5H3/b24-18-. The molecule has 27 heavy (non-hydrogen) atoms. The quantitative estimate of drug-likeness (QED) is 0.581. The molecule has 144 valence electrons. The number of hydrogen-bond donors (Lipinski definition) is 1. The van der Waals surface area contributed by atoms with Gasteiger partial charge in [-0.2, -0.15) is 5.26 Å². The number of aliphatic hydroxyl groups is 1. The summed E-state index contributed by atoms with van der Waals surface area (Å²) >= 11 is 0. The van der Waals surface area contributed by atoms with Crippen LogP contribution in [0.3, 0.4) is 0 Å². The lowest BCUT2D eigenvalue weighted by atomic mass is 9.76. The minimum Gasteiger partial charge on any atom is -0.511 e. The molecule has 1 unspecified atom stereocenters. The molecule has 1 aliphatic carbocycles. The molecule has 0 saturated heterocycles. The van der Waals surface area contributed by atoms with Crippen molar-refractivity contribution in [2.45, 2.75) is 66.2 Å². The second-order valence-corrected chi connectivity index (χ2v) is 7.02. The number of ketones is 1. The number of oxime groups is 1. The van der Waals surface area contributed by atoms with Gasteiger partial charge in [0.25, 0.3) is 0 Å². The molecule has 0 radical (unpaired) electrons. The molecule has 0 heterocycles. The molecule has 1 aliphatic rings. The molecule has 0 saturated carbocycles. The Bertz CT molecular complexity index is 844. The Morgan fingerprint density at radius 1 is 1.30 bits per heavy atom. The molecule has 0 aliphatic heterocycles. The minimum absolute atomic E-state index is 0.0813. The van der Waals surface area contributed by atoms with Gasteiger partial charge in [-0.3, -0.25) is 4.79 Å². The molecule has 1 atom stereocenters. The van der Waals surface area contributed by atoms with E-state index < -0.39 is 0 Å². The zero-order valence-electron chi connectivity index (χ0n) is 16.8. The van der Waals surface area contributed by atoms with Crippen molar-refractivity contribution < 1.29 is 14.7 Å². The van der Waals surface area contributed by atoms with Crippen molar-refractivity contribution in [3.05, 3.63) is 45.2 Å². The Morgan fingerprint density at radius 3 is 2.56 bits per heavy atom. The van der Waals surface area contributed by atoms with Gasteiger partial charge < -0.3 is 9.94 Å². The van der Waals surface area contributed by atoms with Crippen molar-refractivity contribution in [2.24, 2.45) is 5.16 Å². The zero-order valence-corrected chi connectivity index (χ0v) is 16.8. The first-order valence-corrected chi connectivity index (χ1v) is 9.46. The number of nitriles is 1. The maximum Gasteiger partial charge on any atom is 0.168 e. The smallest absolute Gasteiger partial charge is 0.168 e. The van der Waals surface area contributed by atoms with Gasteiger partial charge in [0.2, 0.25) is 0 Å². The lowest BCUT2D eigenvalue weighted by Crippen LogP contribution is -2.24. The molecule has 5 heteroatoms. The van der Waals surface area contributed by atoms with Gasteiger partial charge in [0.1, 0.15) is 12.4 Å². The lowest BCUT2D eigenvalue weighted by molar-refractivity contribution is -0.116. The van der Waals surface area contributed by atoms with Crippen molar-refractivity contribution >= 4 is 11.5 Å². The normalized spacial score (nSPS) is 17.9. The highest BCUT2D eigenvalue weighted by Gasteiger charge is 2.33. The third-order valence-electron chi connectivity index (χ3n) is 5.22. The highest BCUT2D eigenvalue weighted by atomic mass is 16.6. The number of Topliss-reactive ketones (excluding diaryl/α,β-unsaturated/α-hetero) is 1. The molecular weight excluding hydrogens is 340 g/mol. The fourth-order valence-electron chi connectivity index (χ4n) is 4.08. The van der Waals surface area contributed by atoms with E-state index in [1.165, 1.54) is 0 Å². The van der Waals surface area contributed by atoms with E-state index >= 15 is 0 Å². The highest BCUT2D eigenvalue weighted by Crippen LogP contribution is 2.39. The van der Waals surface area contributed by atoms with Gasteiger partial charge in [-0.25, -0.2) is 0 Å². The largest absolute Gasteiger partial charge is 0.511 e. The molecule has 1 aromatic carbocycles. The van der Waals surface area contributed by atoms with Crippen molar-refractivity contribution in [3.63, 3.8) is 0 Å². The summed E-state index contributed by atoms with van der Waals surface area (Å²) in [4.78, 5) is 17.9. The van der Waals surface area contributed by atoms with Crippen molar-refractivity contribution in [3.8, 4) is 6.07 Å². The van der Waals surface area contributed by atoms with Crippen LogP contribution in [0.4, 0.5) is 0 Å². The van der Waals surface area contributed by atoms with E-state index in [2.05, 4.69) is 17.3 Å². The molecule has 1 N–H and O–H groups in total. The van der Waals surface area contributed by atoms with Crippen LogP contribution < -0.4 is 0 Å². The van der Waals surface area contributed by atoms with Gasteiger partial charge in [-0.05, 0) is 67.9 Å². The summed E-state index contributed by atoms with van der Waals surface area (Å²) in [7, 11) is 0. The van der Waals surface area contributed by atoms with Gasteiger partial charge in [-0.15, -0.1) is 0 Å². The Labute approximate surface area is 161 Å². The maximum atomic E-state index is 12.8. The highest BCUT2D eigenvalue weighted by molar-refractivity contribution is 6.23. The van der Waals surface area contributed by atoms with Gasteiger partial charge in [-0.1, -0.05) is 18.1 Å². The van der Waals surface area contributed by atoms with Gasteiger partial charge in [0.05, 0.1) is 23.8 Å². The van der Waals surface area contributed by atoms with Crippen LogP contribution in [-0.2, 0) is 16.1 Å². The fraction of sp³-hybridized carbons (Fsp3) is 0.500. The average molecular weight is 368 g/mol. The molecule has 0 bridgehead atoms. The Balaban J connectivity index is 2.47. The summed E-state index contributed by atoms with van der Waals surface area (Å²) in [5, 5.41) is 23.8. The number of carbonyl (C=O) groups is 1. The number of hydrogen-bond acceptors (Lipinski definition) is 5. The molecular formula is C22H28N2O3. The molecule has 2 rings (SSSR count). The number of aliphatic hydroxyl groups excluding tert-OH is 1. The molecule has 0 aromatic heterocycles. The first kappa shape index (κ1) is 20.7. The number of benzene rings is 1. The predicted octanol–water partition coefficient (Wildman–Crippen LogP) is 4.74. The van der Waals surface area contributed by atoms with Crippen LogP contribution in [0.5, 0.6) is 0 Å². The summed E-state index contributed by atoms with van der Waals surface area (Å²) < 4.78 is 0. The zero-order chi connectivity index (χ0) is 20.1. The Kier molecular flexibility index (Phi) is 6.79. The lowest BCUT2D eigenvalue weighted by Gasteiger charge is -2.28. The van der Waals surface area contributed by atoms with Gasteiger partial charge in [0, 0.05) is 12.8 Å². The third kappa shape index (κ3) is 4.21. The number of carbonyl (C=O) groups excluding carboxylic acids is 1. The van der Waals surface area contributed by atoms with Gasteiger partial charge >= 0.3 is 0 Å². The van der Waals surface area contributed by atoms with Gasteiger partial charge in [0.15, 0.2) is 5.78 Å². The van der Waals surface area contributed by atoms with Crippen LogP contribution in [0, 0.1) is 32.1 Å². The van der Waals surface area contributed by atoms with E-state index in [1.807, 2.05) is 34.6 Å². The molecule has 0 fully saturated rings. The van der Waals surface area contributed by atoms with E-state index in [-0.39, 0.29) is 17.5 Å². The van der Waals surface area contributed by atoms with E-state index in [4.69, 9.17) is 10.1 Å². The minimum atomic E-state index is -0.106. The van der Waals surface area contributed by atoms with Crippen LogP contribution in [0.25, 0.3) is 0 Å². The summed E-state index contributed by atoms with van der Waals surface area (Å²) in [5.74, 6) is -0.118. The van der Waals surface area contributed by atoms with Crippen LogP contribution in [0.15, 0.2) is 22.6 Å². The van der Waals surface area contributed by atoms with Crippen LogP contribution in [-0.4, -0.2) is 23.2 Å². The van der Waals surface area contributed by atoms with Crippen LogP contribution in [0.2, 0.25) is 0 Å². The number of allylic oxidation sites excluding steroid dienone is 2. The molecule has 1 aromatic rings. The van der Waals surface area contributed by atoms with E-state index in [0.717, 1.165) is 27.8 Å².